The van der Waals surface area contributed by atoms with Crippen molar-refractivity contribution in [1.82, 2.24) is 14.8 Å². The summed E-state index contributed by atoms with van der Waals surface area (Å²) in [6, 6.07) is 14.2. The number of hydrogen-bond acceptors (Lipinski definition) is 4. The quantitative estimate of drug-likeness (QED) is 0.556. The second kappa shape index (κ2) is 9.74. The summed E-state index contributed by atoms with van der Waals surface area (Å²) in [5.74, 6) is -0.380. The van der Waals surface area contributed by atoms with Crippen LogP contribution in [-0.2, 0) is 23.8 Å². The number of rotatable bonds is 5. The predicted octanol–water partition coefficient (Wildman–Crippen LogP) is 4.28. The molecule has 3 aromatic rings. The van der Waals surface area contributed by atoms with Crippen LogP contribution in [0.3, 0.4) is 0 Å². The Hall–Kier alpha value is -3.20. The number of amides is 2. The van der Waals surface area contributed by atoms with E-state index in [0.29, 0.717) is 26.2 Å². The molecule has 0 saturated carbocycles. The first-order valence-corrected chi connectivity index (χ1v) is 11.4. The number of thiazole rings is 1. The van der Waals surface area contributed by atoms with Crippen LogP contribution in [0, 0.1) is 0 Å². The van der Waals surface area contributed by atoms with E-state index in [2.05, 4.69) is 4.98 Å². The maximum atomic E-state index is 12.7. The van der Waals surface area contributed by atoms with Gasteiger partial charge in [0, 0.05) is 43.5 Å². The summed E-state index contributed by atoms with van der Waals surface area (Å²) >= 11 is 1.53. The van der Waals surface area contributed by atoms with Crippen LogP contribution in [0.4, 0.5) is 13.2 Å². The topological polar surface area (TPSA) is 53.5 Å². The molecule has 0 N–H and O–H groups in total. The number of aromatic nitrogens is 1. The van der Waals surface area contributed by atoms with Crippen LogP contribution in [0.25, 0.3) is 0 Å². The van der Waals surface area contributed by atoms with Crippen molar-refractivity contribution in [2.24, 2.45) is 0 Å². The molecule has 2 amide bonds. The zero-order valence-corrected chi connectivity index (χ0v) is 18.5. The number of carbonyl (C=O) groups excluding carboxylic acids is 2. The highest BCUT2D eigenvalue weighted by molar-refractivity contribution is 7.09. The second-order valence-electron chi connectivity index (χ2n) is 7.82. The number of carbonyl (C=O) groups is 2. The molecular formula is C24H22F3N3O2S. The van der Waals surface area contributed by atoms with Gasteiger partial charge in [0.05, 0.1) is 22.7 Å². The van der Waals surface area contributed by atoms with Crippen molar-refractivity contribution >= 4 is 23.2 Å². The Labute approximate surface area is 193 Å². The summed E-state index contributed by atoms with van der Waals surface area (Å²) in [6.45, 7) is 1.43. The third-order valence-electron chi connectivity index (χ3n) is 5.51. The van der Waals surface area contributed by atoms with Crippen LogP contribution < -0.4 is 0 Å². The molecule has 1 aliphatic rings. The minimum absolute atomic E-state index is 0.0480. The van der Waals surface area contributed by atoms with Crippen LogP contribution in [0.2, 0.25) is 0 Å². The first kappa shape index (κ1) is 23.0. The maximum Gasteiger partial charge on any atom is 0.416 e. The SMILES string of the molecule is O=C(Cc1csc(Cc2ccccc2)n1)N1CCN(C(=O)c2ccc(C(F)(F)F)cc2)CC1. The molecule has 9 heteroatoms. The summed E-state index contributed by atoms with van der Waals surface area (Å²) < 4.78 is 38.1. The van der Waals surface area contributed by atoms with Crippen molar-refractivity contribution in [3.05, 3.63) is 87.4 Å². The average molecular weight is 474 g/mol. The van der Waals surface area contributed by atoms with Crippen molar-refractivity contribution in [1.29, 1.82) is 0 Å². The van der Waals surface area contributed by atoms with E-state index in [1.807, 2.05) is 35.7 Å². The summed E-state index contributed by atoms with van der Waals surface area (Å²) in [4.78, 5) is 33.1. The average Bonchev–Trinajstić information content (AvgIpc) is 3.25. The molecule has 1 aliphatic heterocycles. The van der Waals surface area contributed by atoms with Crippen molar-refractivity contribution in [2.75, 3.05) is 26.2 Å². The van der Waals surface area contributed by atoms with Gasteiger partial charge in [-0.1, -0.05) is 30.3 Å². The Bertz CT molecular complexity index is 1110. The Morgan fingerprint density at radius 2 is 1.55 bits per heavy atom. The second-order valence-corrected chi connectivity index (χ2v) is 8.76. The lowest BCUT2D eigenvalue weighted by atomic mass is 10.1. The van der Waals surface area contributed by atoms with Gasteiger partial charge in [0.25, 0.3) is 5.91 Å². The summed E-state index contributed by atoms with van der Waals surface area (Å²) in [5, 5.41) is 2.86. The molecule has 1 fully saturated rings. The normalized spacial score (nSPS) is 14.4. The van der Waals surface area contributed by atoms with Crippen LogP contribution in [0.5, 0.6) is 0 Å². The zero-order valence-electron chi connectivity index (χ0n) is 17.7. The van der Waals surface area contributed by atoms with E-state index in [1.165, 1.54) is 29.0 Å². The van der Waals surface area contributed by atoms with Crippen molar-refractivity contribution < 1.29 is 22.8 Å². The Balaban J connectivity index is 1.28. The molecule has 2 heterocycles. The lowest BCUT2D eigenvalue weighted by Crippen LogP contribution is -2.51. The number of nitrogens with zero attached hydrogens (tertiary/aromatic N) is 3. The highest BCUT2D eigenvalue weighted by atomic mass is 32.1. The van der Waals surface area contributed by atoms with Gasteiger partial charge in [0.15, 0.2) is 0 Å². The summed E-state index contributed by atoms with van der Waals surface area (Å²) in [5.41, 5.74) is 1.32. The Kier molecular flexibility index (Phi) is 6.78. The lowest BCUT2D eigenvalue weighted by molar-refractivity contribution is -0.137. The molecule has 0 radical (unpaired) electrons. The first-order chi connectivity index (χ1) is 15.8. The van der Waals surface area contributed by atoms with Gasteiger partial charge in [0.1, 0.15) is 0 Å². The van der Waals surface area contributed by atoms with Crippen LogP contribution in [-0.4, -0.2) is 52.8 Å². The lowest BCUT2D eigenvalue weighted by Gasteiger charge is -2.34. The fourth-order valence-corrected chi connectivity index (χ4v) is 4.52. The van der Waals surface area contributed by atoms with Gasteiger partial charge in [-0.3, -0.25) is 9.59 Å². The molecule has 33 heavy (non-hydrogen) atoms. The number of alkyl halides is 3. The predicted molar refractivity (Wildman–Crippen MR) is 119 cm³/mol. The molecule has 2 aromatic carbocycles. The van der Waals surface area contributed by atoms with E-state index >= 15 is 0 Å². The number of hydrogen-bond donors (Lipinski definition) is 0. The van der Waals surface area contributed by atoms with Gasteiger partial charge in [-0.15, -0.1) is 11.3 Å². The number of halogens is 3. The maximum absolute atomic E-state index is 12.7. The van der Waals surface area contributed by atoms with Crippen molar-refractivity contribution in [3.63, 3.8) is 0 Å². The van der Waals surface area contributed by atoms with E-state index in [9.17, 15) is 22.8 Å². The molecule has 1 saturated heterocycles. The Morgan fingerprint density at radius 1 is 0.909 bits per heavy atom. The van der Waals surface area contributed by atoms with E-state index < -0.39 is 11.7 Å². The summed E-state index contributed by atoms with van der Waals surface area (Å²) in [7, 11) is 0. The van der Waals surface area contributed by atoms with Gasteiger partial charge in [-0.05, 0) is 29.8 Å². The molecule has 0 unspecified atom stereocenters. The van der Waals surface area contributed by atoms with E-state index in [-0.39, 0.29) is 23.8 Å². The van der Waals surface area contributed by atoms with Crippen molar-refractivity contribution in [2.45, 2.75) is 19.0 Å². The minimum atomic E-state index is -4.44. The molecule has 0 spiro atoms. The molecule has 4 rings (SSSR count). The van der Waals surface area contributed by atoms with Crippen molar-refractivity contribution in [3.8, 4) is 0 Å². The number of benzene rings is 2. The third kappa shape index (κ3) is 5.78. The van der Waals surface area contributed by atoms with Crippen LogP contribution in [0.15, 0.2) is 60.0 Å². The Morgan fingerprint density at radius 3 is 2.18 bits per heavy atom. The molecule has 1 aromatic heterocycles. The molecule has 172 valence electrons. The molecule has 0 atom stereocenters. The highest BCUT2D eigenvalue weighted by Crippen LogP contribution is 2.29. The van der Waals surface area contributed by atoms with Gasteiger partial charge in [-0.2, -0.15) is 13.2 Å². The first-order valence-electron chi connectivity index (χ1n) is 10.5. The largest absolute Gasteiger partial charge is 0.416 e. The summed E-state index contributed by atoms with van der Waals surface area (Å²) in [6.07, 6.45) is -3.50. The van der Waals surface area contributed by atoms with E-state index in [1.54, 1.807) is 9.80 Å². The van der Waals surface area contributed by atoms with E-state index in [4.69, 9.17) is 0 Å². The smallest absolute Gasteiger partial charge is 0.339 e. The number of piperazine rings is 1. The molecular weight excluding hydrogens is 451 g/mol. The monoisotopic (exact) mass is 473 g/mol. The van der Waals surface area contributed by atoms with Gasteiger partial charge in [0.2, 0.25) is 5.91 Å². The van der Waals surface area contributed by atoms with Gasteiger partial charge < -0.3 is 9.80 Å². The van der Waals surface area contributed by atoms with E-state index in [0.717, 1.165) is 29.3 Å². The van der Waals surface area contributed by atoms with Crippen LogP contribution in [0.1, 0.15) is 32.2 Å². The van der Waals surface area contributed by atoms with Gasteiger partial charge in [-0.25, -0.2) is 4.98 Å². The van der Waals surface area contributed by atoms with Gasteiger partial charge >= 0.3 is 6.18 Å². The third-order valence-corrected chi connectivity index (χ3v) is 6.41. The molecule has 0 aliphatic carbocycles. The minimum Gasteiger partial charge on any atom is -0.339 e. The molecule has 0 bridgehead atoms. The van der Waals surface area contributed by atoms with Crippen LogP contribution >= 0.6 is 11.3 Å². The fraction of sp³-hybridized carbons (Fsp3) is 0.292. The molecule has 5 nitrogen and oxygen atoms in total. The fourth-order valence-electron chi connectivity index (χ4n) is 3.69. The standard InChI is InChI=1S/C24H22F3N3O2S/c25-24(26,27)19-8-6-18(7-9-19)23(32)30-12-10-29(11-13-30)22(31)15-20-16-33-21(28-20)14-17-4-2-1-3-5-17/h1-9,16H,10-15H2. The zero-order chi connectivity index (χ0) is 23.4. The highest BCUT2D eigenvalue weighted by Gasteiger charge is 2.31.